The number of amides is 2. The largest absolute Gasteiger partial charge is 0.435 e. The van der Waals surface area contributed by atoms with Gasteiger partial charge in [0.25, 0.3) is 11.8 Å². The second-order valence-corrected chi connectivity index (χ2v) is 10.4. The lowest BCUT2D eigenvalue weighted by molar-refractivity contribution is -0.0506. The van der Waals surface area contributed by atoms with Crippen molar-refractivity contribution in [3.63, 3.8) is 0 Å². The molecule has 2 heterocycles. The highest BCUT2D eigenvalue weighted by Gasteiger charge is 2.37. The monoisotopic (exact) mass is 596 g/mol. The van der Waals surface area contributed by atoms with Crippen molar-refractivity contribution < 1.29 is 27.5 Å². The summed E-state index contributed by atoms with van der Waals surface area (Å²) in [6.45, 7) is 0.906. The molecular formula is C30H24BrF3N2O3. The molecule has 0 saturated carbocycles. The highest BCUT2D eigenvalue weighted by Crippen LogP contribution is 2.40. The number of carbonyl (C=O) groups is 2. The van der Waals surface area contributed by atoms with Crippen LogP contribution in [0.25, 0.3) is 0 Å². The third kappa shape index (κ3) is 5.41. The van der Waals surface area contributed by atoms with Crippen molar-refractivity contribution in [3.05, 3.63) is 106 Å². The summed E-state index contributed by atoms with van der Waals surface area (Å²) in [5, 5.41) is 0. The van der Waals surface area contributed by atoms with Crippen LogP contribution in [0.4, 0.5) is 18.9 Å². The Morgan fingerprint density at radius 1 is 1.08 bits per heavy atom. The number of halogens is 4. The van der Waals surface area contributed by atoms with Crippen molar-refractivity contribution in [3.8, 4) is 5.75 Å². The number of imide groups is 1. The molecule has 5 rings (SSSR count). The van der Waals surface area contributed by atoms with Gasteiger partial charge in [0.1, 0.15) is 11.6 Å². The summed E-state index contributed by atoms with van der Waals surface area (Å²) in [4.78, 5) is 32.1. The molecule has 0 radical (unpaired) electrons. The minimum Gasteiger partial charge on any atom is -0.435 e. The van der Waals surface area contributed by atoms with Crippen molar-refractivity contribution in [2.75, 3.05) is 6.54 Å². The molecule has 0 N–H and O–H groups in total. The average Bonchev–Trinajstić information content (AvgIpc) is 3.14. The molecule has 2 amide bonds. The predicted molar refractivity (Wildman–Crippen MR) is 145 cm³/mol. The van der Waals surface area contributed by atoms with Crippen molar-refractivity contribution in [2.24, 2.45) is 10.9 Å². The molecular weight excluding hydrogens is 573 g/mol. The molecule has 0 fully saturated rings. The fraction of sp³-hybridized carbons (Fsp3) is 0.233. The van der Waals surface area contributed by atoms with Gasteiger partial charge in [0.15, 0.2) is 0 Å². The lowest BCUT2D eigenvalue weighted by Crippen LogP contribution is -2.36. The number of aryl methyl sites for hydroxylation is 1. The van der Waals surface area contributed by atoms with Crippen molar-refractivity contribution >= 4 is 39.1 Å². The van der Waals surface area contributed by atoms with Crippen LogP contribution in [0.3, 0.4) is 0 Å². The topological polar surface area (TPSA) is 59.0 Å². The molecule has 2 unspecified atom stereocenters. The number of allylic oxidation sites excluding steroid dienone is 1. The average molecular weight is 597 g/mol. The standard InChI is InChI=1S/C30H24BrF3N2O3/c1-2-20(21-7-5-6-10-27(21)39-30(33)34)17-11-12-18-14-24(31)25(32)15-26(18)35-19(13-17)16-36-28(37)22-8-3-4-9-23(22)29(36)38/h2-10,14-15,17,20,30H,1,11-13,16H2. The number of benzene rings is 3. The lowest BCUT2D eigenvalue weighted by Gasteiger charge is -2.30. The number of hydrogen-bond donors (Lipinski definition) is 0. The van der Waals surface area contributed by atoms with Crippen LogP contribution < -0.4 is 4.74 Å². The Labute approximate surface area is 232 Å². The zero-order valence-corrected chi connectivity index (χ0v) is 22.3. The van der Waals surface area contributed by atoms with Crippen LogP contribution in [0.1, 0.15) is 50.6 Å². The molecule has 0 saturated heterocycles. The summed E-state index contributed by atoms with van der Waals surface area (Å²) in [6.07, 6.45) is 3.15. The maximum atomic E-state index is 14.5. The first-order valence-corrected chi connectivity index (χ1v) is 13.2. The van der Waals surface area contributed by atoms with Crippen LogP contribution in [0.15, 0.2) is 82.8 Å². The van der Waals surface area contributed by atoms with Crippen LogP contribution in [0, 0.1) is 11.7 Å². The van der Waals surface area contributed by atoms with Crippen molar-refractivity contribution in [1.29, 1.82) is 0 Å². The van der Waals surface area contributed by atoms with E-state index in [-0.39, 0.29) is 18.2 Å². The van der Waals surface area contributed by atoms with E-state index in [1.165, 1.54) is 12.1 Å². The number of aliphatic imine (C=N–C) groups is 1. The summed E-state index contributed by atoms with van der Waals surface area (Å²) >= 11 is 3.24. The maximum Gasteiger partial charge on any atom is 0.387 e. The molecule has 2 aliphatic rings. The van der Waals surface area contributed by atoms with Crippen LogP contribution in [0.2, 0.25) is 0 Å². The van der Waals surface area contributed by atoms with Gasteiger partial charge in [-0.15, -0.1) is 6.58 Å². The molecule has 0 bridgehead atoms. The number of fused-ring (bicyclic) bond motifs is 2. The quantitative estimate of drug-likeness (QED) is 0.210. The van der Waals surface area contributed by atoms with E-state index in [0.717, 1.165) is 10.5 Å². The SMILES string of the molecule is C=CC(c1ccccc1OC(F)F)C1CCc2cc(Br)c(F)cc2N=C(CN2C(=O)c3ccccc3C2=O)C1. The Morgan fingerprint density at radius 2 is 1.74 bits per heavy atom. The summed E-state index contributed by atoms with van der Waals surface area (Å²) in [5.74, 6) is -1.83. The minimum absolute atomic E-state index is 0.0588. The second kappa shape index (κ2) is 11.2. The number of ether oxygens (including phenoxy) is 1. The van der Waals surface area contributed by atoms with Gasteiger partial charge in [-0.25, -0.2) is 4.39 Å². The van der Waals surface area contributed by atoms with Gasteiger partial charge >= 0.3 is 6.61 Å². The molecule has 5 nitrogen and oxygen atoms in total. The minimum atomic E-state index is -2.99. The highest BCUT2D eigenvalue weighted by atomic mass is 79.9. The molecule has 200 valence electrons. The third-order valence-corrected chi connectivity index (χ3v) is 7.76. The van der Waals surface area contributed by atoms with Gasteiger partial charge in [0.05, 0.1) is 27.8 Å². The van der Waals surface area contributed by atoms with Gasteiger partial charge < -0.3 is 4.74 Å². The van der Waals surface area contributed by atoms with Crippen LogP contribution in [0.5, 0.6) is 5.75 Å². The Hall–Kier alpha value is -3.72. The number of carbonyl (C=O) groups excluding carboxylic acids is 2. The second-order valence-electron chi connectivity index (χ2n) is 9.50. The first-order chi connectivity index (χ1) is 18.8. The first kappa shape index (κ1) is 26.9. The number of rotatable bonds is 7. The Kier molecular flexibility index (Phi) is 7.70. The highest BCUT2D eigenvalue weighted by molar-refractivity contribution is 9.10. The van der Waals surface area contributed by atoms with Gasteiger partial charge in [-0.05, 0) is 70.9 Å². The van der Waals surface area contributed by atoms with Gasteiger partial charge in [0.2, 0.25) is 0 Å². The van der Waals surface area contributed by atoms with E-state index in [0.29, 0.717) is 51.8 Å². The zero-order chi connectivity index (χ0) is 27.7. The van der Waals surface area contributed by atoms with Crippen LogP contribution in [-0.2, 0) is 6.42 Å². The predicted octanol–water partition coefficient (Wildman–Crippen LogP) is 7.48. The summed E-state index contributed by atoms with van der Waals surface area (Å²) in [6, 6.07) is 16.2. The third-order valence-electron chi connectivity index (χ3n) is 7.16. The molecule has 0 aromatic heterocycles. The Balaban J connectivity index is 1.53. The van der Waals surface area contributed by atoms with E-state index in [4.69, 9.17) is 9.73 Å². The van der Waals surface area contributed by atoms with E-state index in [1.807, 2.05) is 0 Å². The molecule has 0 aliphatic carbocycles. The van der Waals surface area contributed by atoms with Crippen LogP contribution >= 0.6 is 15.9 Å². The molecule has 9 heteroatoms. The summed E-state index contributed by atoms with van der Waals surface area (Å²) in [5.41, 5.74) is 2.91. The maximum absolute atomic E-state index is 14.5. The van der Waals surface area contributed by atoms with Crippen LogP contribution in [-0.4, -0.2) is 35.6 Å². The smallest absolute Gasteiger partial charge is 0.387 e. The van der Waals surface area contributed by atoms with Gasteiger partial charge in [-0.3, -0.25) is 19.5 Å². The van der Waals surface area contributed by atoms with Gasteiger partial charge in [-0.2, -0.15) is 8.78 Å². The van der Waals surface area contributed by atoms with E-state index >= 15 is 0 Å². The van der Waals surface area contributed by atoms with Crippen molar-refractivity contribution in [1.82, 2.24) is 4.90 Å². The zero-order valence-electron chi connectivity index (χ0n) is 20.7. The lowest BCUT2D eigenvalue weighted by atomic mass is 9.78. The number of nitrogens with zero attached hydrogens (tertiary/aromatic N) is 2. The molecule has 39 heavy (non-hydrogen) atoms. The molecule has 3 aromatic rings. The normalized spacial score (nSPS) is 17.7. The summed E-state index contributed by atoms with van der Waals surface area (Å²) < 4.78 is 45.9. The molecule has 2 atom stereocenters. The van der Waals surface area contributed by atoms with Gasteiger partial charge in [-0.1, -0.05) is 36.4 Å². The summed E-state index contributed by atoms with van der Waals surface area (Å²) in [7, 11) is 0. The van der Waals surface area contributed by atoms with E-state index in [9.17, 15) is 22.8 Å². The first-order valence-electron chi connectivity index (χ1n) is 12.4. The van der Waals surface area contributed by atoms with E-state index in [2.05, 4.69) is 22.5 Å². The fourth-order valence-corrected chi connectivity index (χ4v) is 5.74. The number of para-hydroxylation sites is 1. The number of alkyl halides is 2. The fourth-order valence-electron chi connectivity index (χ4n) is 5.35. The van der Waals surface area contributed by atoms with E-state index in [1.54, 1.807) is 54.6 Å². The molecule has 2 aliphatic heterocycles. The molecule has 0 spiro atoms. The van der Waals surface area contributed by atoms with Crippen molar-refractivity contribution in [2.45, 2.75) is 31.8 Å². The Bertz CT molecular complexity index is 1460. The molecule has 3 aromatic carbocycles. The number of hydrogen-bond acceptors (Lipinski definition) is 4. The van der Waals surface area contributed by atoms with E-state index < -0.39 is 30.2 Å². The Morgan fingerprint density at radius 3 is 2.41 bits per heavy atom. The van der Waals surface area contributed by atoms with Gasteiger partial charge in [0, 0.05) is 23.3 Å².